The van der Waals surface area contributed by atoms with Gasteiger partial charge in [0.1, 0.15) is 0 Å². The minimum absolute atomic E-state index is 0.334. The summed E-state index contributed by atoms with van der Waals surface area (Å²) in [6.07, 6.45) is 0. The minimum Gasteiger partial charge on any atom is -0.478 e. The Morgan fingerprint density at radius 1 is 0.955 bits per heavy atom. The SMILES string of the molecule is CN(Cc1cccc(C(=O)O)c1)Cc1cccc(N(C)C)c1. The smallest absolute Gasteiger partial charge is 0.335 e. The summed E-state index contributed by atoms with van der Waals surface area (Å²) < 4.78 is 0. The number of carbonyl (C=O) groups is 1. The second kappa shape index (κ2) is 7.09. The second-order valence-electron chi connectivity index (χ2n) is 5.74. The number of carboxylic acids is 1. The van der Waals surface area contributed by atoms with E-state index >= 15 is 0 Å². The molecule has 2 aromatic rings. The zero-order valence-electron chi connectivity index (χ0n) is 13.3. The van der Waals surface area contributed by atoms with Crippen LogP contribution in [-0.2, 0) is 13.1 Å². The highest BCUT2D eigenvalue weighted by Crippen LogP contribution is 2.16. The van der Waals surface area contributed by atoms with Gasteiger partial charge in [0.2, 0.25) is 0 Å². The van der Waals surface area contributed by atoms with E-state index in [1.54, 1.807) is 18.2 Å². The summed E-state index contributed by atoms with van der Waals surface area (Å²) in [5.41, 5.74) is 3.76. The van der Waals surface area contributed by atoms with Gasteiger partial charge in [-0.05, 0) is 42.4 Å². The highest BCUT2D eigenvalue weighted by atomic mass is 16.4. The predicted molar refractivity (Wildman–Crippen MR) is 89.3 cm³/mol. The molecule has 2 aromatic carbocycles. The molecule has 0 saturated carbocycles. The van der Waals surface area contributed by atoms with Crippen LogP contribution in [0.1, 0.15) is 21.5 Å². The van der Waals surface area contributed by atoms with E-state index in [1.807, 2.05) is 27.2 Å². The van der Waals surface area contributed by atoms with Crippen molar-refractivity contribution in [2.75, 3.05) is 26.0 Å². The van der Waals surface area contributed by atoms with Crippen LogP contribution in [0.15, 0.2) is 48.5 Å². The number of aromatic carboxylic acids is 1. The molecule has 4 heteroatoms. The monoisotopic (exact) mass is 298 g/mol. The zero-order valence-corrected chi connectivity index (χ0v) is 13.3. The lowest BCUT2D eigenvalue weighted by atomic mass is 10.1. The predicted octanol–water partition coefficient (Wildman–Crippen LogP) is 3.08. The standard InChI is InChI=1S/C18H22N2O2/c1-19(2)17-9-5-7-15(11-17)13-20(3)12-14-6-4-8-16(10-14)18(21)22/h4-11H,12-13H2,1-3H3,(H,21,22). The molecular weight excluding hydrogens is 276 g/mol. The Kier molecular flexibility index (Phi) is 5.17. The molecule has 0 saturated heterocycles. The Bertz CT molecular complexity index is 653. The normalized spacial score (nSPS) is 10.7. The van der Waals surface area contributed by atoms with Gasteiger partial charge in [-0.1, -0.05) is 24.3 Å². The average Bonchev–Trinajstić information content (AvgIpc) is 2.47. The molecule has 0 heterocycles. The van der Waals surface area contributed by atoms with Crippen molar-refractivity contribution >= 4 is 11.7 Å². The van der Waals surface area contributed by atoms with E-state index in [2.05, 4.69) is 34.1 Å². The van der Waals surface area contributed by atoms with Crippen LogP contribution in [0.5, 0.6) is 0 Å². The molecular formula is C18H22N2O2. The molecule has 1 N–H and O–H groups in total. The number of benzene rings is 2. The Labute approximate surface area is 131 Å². The number of carboxylic acid groups (broad SMARTS) is 1. The van der Waals surface area contributed by atoms with Crippen molar-refractivity contribution in [1.82, 2.24) is 4.90 Å². The molecule has 0 amide bonds. The van der Waals surface area contributed by atoms with Crippen LogP contribution in [0, 0.1) is 0 Å². The third-order valence-electron chi connectivity index (χ3n) is 3.51. The van der Waals surface area contributed by atoms with Gasteiger partial charge in [-0.25, -0.2) is 4.79 Å². The number of hydrogen-bond acceptors (Lipinski definition) is 3. The van der Waals surface area contributed by atoms with Gasteiger partial charge in [0.15, 0.2) is 0 Å². The zero-order chi connectivity index (χ0) is 16.1. The maximum atomic E-state index is 11.0. The molecule has 0 aliphatic carbocycles. The highest BCUT2D eigenvalue weighted by molar-refractivity contribution is 5.87. The van der Waals surface area contributed by atoms with E-state index in [0.717, 1.165) is 12.1 Å². The summed E-state index contributed by atoms with van der Waals surface area (Å²) in [4.78, 5) is 15.3. The Morgan fingerprint density at radius 2 is 1.55 bits per heavy atom. The van der Waals surface area contributed by atoms with Crippen molar-refractivity contribution in [3.8, 4) is 0 Å². The van der Waals surface area contributed by atoms with Gasteiger partial charge >= 0.3 is 5.97 Å². The number of rotatable bonds is 6. The average molecular weight is 298 g/mol. The third kappa shape index (κ3) is 4.33. The molecule has 0 aliphatic rings. The fourth-order valence-corrected chi connectivity index (χ4v) is 2.41. The molecule has 4 nitrogen and oxygen atoms in total. The summed E-state index contributed by atoms with van der Waals surface area (Å²) in [6, 6.07) is 15.5. The van der Waals surface area contributed by atoms with Crippen molar-refractivity contribution in [3.05, 3.63) is 65.2 Å². The van der Waals surface area contributed by atoms with E-state index in [0.29, 0.717) is 12.1 Å². The molecule has 2 rings (SSSR count). The molecule has 0 unspecified atom stereocenters. The fraction of sp³-hybridized carbons (Fsp3) is 0.278. The first-order chi connectivity index (χ1) is 10.5. The summed E-state index contributed by atoms with van der Waals surface area (Å²) in [5, 5.41) is 9.04. The largest absolute Gasteiger partial charge is 0.478 e. The summed E-state index contributed by atoms with van der Waals surface area (Å²) in [6.45, 7) is 1.53. The van der Waals surface area contributed by atoms with Gasteiger partial charge in [0.05, 0.1) is 5.56 Å². The van der Waals surface area contributed by atoms with Crippen molar-refractivity contribution in [3.63, 3.8) is 0 Å². The first-order valence-corrected chi connectivity index (χ1v) is 7.23. The van der Waals surface area contributed by atoms with Crippen LogP contribution < -0.4 is 4.90 Å². The summed E-state index contributed by atoms with van der Waals surface area (Å²) in [5.74, 6) is -0.886. The van der Waals surface area contributed by atoms with Gasteiger partial charge in [-0.2, -0.15) is 0 Å². The first-order valence-electron chi connectivity index (χ1n) is 7.23. The Morgan fingerprint density at radius 3 is 2.14 bits per heavy atom. The Balaban J connectivity index is 2.04. The summed E-state index contributed by atoms with van der Waals surface area (Å²) in [7, 11) is 6.09. The third-order valence-corrected chi connectivity index (χ3v) is 3.51. The second-order valence-corrected chi connectivity index (χ2v) is 5.74. The number of nitrogens with zero attached hydrogens (tertiary/aromatic N) is 2. The Hall–Kier alpha value is -2.33. The van der Waals surface area contributed by atoms with Crippen LogP contribution >= 0.6 is 0 Å². The fourth-order valence-electron chi connectivity index (χ4n) is 2.41. The van der Waals surface area contributed by atoms with E-state index in [9.17, 15) is 4.79 Å². The topological polar surface area (TPSA) is 43.8 Å². The van der Waals surface area contributed by atoms with Gasteiger partial charge in [-0.3, -0.25) is 4.90 Å². The molecule has 0 spiro atoms. The molecule has 0 bridgehead atoms. The molecule has 0 atom stereocenters. The number of hydrogen-bond donors (Lipinski definition) is 1. The maximum absolute atomic E-state index is 11.0. The van der Waals surface area contributed by atoms with Crippen LogP contribution in [0.3, 0.4) is 0 Å². The van der Waals surface area contributed by atoms with Crippen LogP contribution in [0.4, 0.5) is 5.69 Å². The van der Waals surface area contributed by atoms with Crippen molar-refractivity contribution in [1.29, 1.82) is 0 Å². The molecule has 0 aromatic heterocycles. The highest BCUT2D eigenvalue weighted by Gasteiger charge is 2.06. The minimum atomic E-state index is -0.886. The van der Waals surface area contributed by atoms with Crippen LogP contribution in [0.25, 0.3) is 0 Å². The van der Waals surface area contributed by atoms with Gasteiger partial charge in [0, 0.05) is 32.9 Å². The first kappa shape index (κ1) is 16.0. The van der Waals surface area contributed by atoms with Crippen LogP contribution in [-0.4, -0.2) is 37.1 Å². The van der Waals surface area contributed by atoms with Gasteiger partial charge in [-0.15, -0.1) is 0 Å². The quantitative estimate of drug-likeness (QED) is 0.890. The lowest BCUT2D eigenvalue weighted by Crippen LogP contribution is -2.18. The van der Waals surface area contributed by atoms with Crippen molar-refractivity contribution in [2.24, 2.45) is 0 Å². The molecule has 0 radical (unpaired) electrons. The lowest BCUT2D eigenvalue weighted by molar-refractivity contribution is 0.0696. The van der Waals surface area contributed by atoms with Crippen molar-refractivity contribution in [2.45, 2.75) is 13.1 Å². The van der Waals surface area contributed by atoms with Crippen LogP contribution in [0.2, 0.25) is 0 Å². The van der Waals surface area contributed by atoms with E-state index in [1.165, 1.54) is 11.3 Å². The maximum Gasteiger partial charge on any atom is 0.335 e. The lowest BCUT2D eigenvalue weighted by Gasteiger charge is -2.19. The van der Waals surface area contributed by atoms with Gasteiger partial charge in [0.25, 0.3) is 0 Å². The van der Waals surface area contributed by atoms with E-state index in [4.69, 9.17) is 5.11 Å². The molecule has 0 fully saturated rings. The summed E-state index contributed by atoms with van der Waals surface area (Å²) >= 11 is 0. The molecule has 22 heavy (non-hydrogen) atoms. The van der Waals surface area contributed by atoms with E-state index < -0.39 is 5.97 Å². The number of anilines is 1. The molecule has 0 aliphatic heterocycles. The molecule has 116 valence electrons. The van der Waals surface area contributed by atoms with E-state index in [-0.39, 0.29) is 0 Å². The van der Waals surface area contributed by atoms with Gasteiger partial charge < -0.3 is 10.0 Å². The van der Waals surface area contributed by atoms with Crippen molar-refractivity contribution < 1.29 is 9.90 Å².